The van der Waals surface area contributed by atoms with Crippen LogP contribution >= 0.6 is 0 Å². The van der Waals surface area contributed by atoms with Crippen LogP contribution in [0.3, 0.4) is 0 Å². The van der Waals surface area contributed by atoms with E-state index in [4.69, 9.17) is 15.9 Å². The Kier molecular flexibility index (Phi) is 6.23. The first-order valence-electron chi connectivity index (χ1n) is 6.65. The molecule has 1 fully saturated rings. The van der Waals surface area contributed by atoms with Gasteiger partial charge in [0.1, 0.15) is 6.54 Å². The molecule has 8 heteroatoms. The topological polar surface area (TPSA) is 133 Å². The summed E-state index contributed by atoms with van der Waals surface area (Å²) in [5.74, 6) is -1.92. The summed E-state index contributed by atoms with van der Waals surface area (Å²) in [6, 6.07) is -0.458. The molecule has 0 radical (unpaired) electrons. The minimum atomic E-state index is -1.51. The first-order chi connectivity index (χ1) is 9.41. The van der Waals surface area contributed by atoms with Crippen molar-refractivity contribution in [1.29, 1.82) is 0 Å². The van der Waals surface area contributed by atoms with E-state index in [1.165, 1.54) is 4.90 Å². The van der Waals surface area contributed by atoms with E-state index in [2.05, 4.69) is 5.32 Å². The number of carbonyl (C=O) groups is 3. The zero-order chi connectivity index (χ0) is 15.1. The highest BCUT2D eigenvalue weighted by Crippen LogP contribution is 2.23. The molecule has 8 nitrogen and oxygen atoms in total. The molecule has 114 valence electrons. The summed E-state index contributed by atoms with van der Waals surface area (Å²) in [5.41, 5.74) is 5.14. The molecule has 1 atom stereocenters. The molecule has 0 aromatic carbocycles. The largest absolute Gasteiger partial charge is 0.479 e. The number of carboxylic acids is 1. The number of aliphatic carboxylic acids is 1. The van der Waals surface area contributed by atoms with Crippen molar-refractivity contribution < 1.29 is 24.6 Å². The second-order valence-electron chi connectivity index (χ2n) is 4.91. The number of hydrogen-bond acceptors (Lipinski definition) is 4. The number of aliphatic hydroxyl groups excluding tert-OH is 1. The number of nitrogens with one attached hydrogen (secondary N) is 1. The SMILES string of the molecule is NC(=O)CN(C(=O)NCCC(O)C(=O)O)C1CCCC1. The van der Waals surface area contributed by atoms with Gasteiger partial charge >= 0.3 is 12.0 Å². The van der Waals surface area contributed by atoms with Crippen molar-refractivity contribution in [2.45, 2.75) is 44.2 Å². The molecule has 0 spiro atoms. The molecule has 0 saturated heterocycles. The molecular formula is C12H21N3O5. The maximum absolute atomic E-state index is 12.0. The summed E-state index contributed by atoms with van der Waals surface area (Å²) in [4.78, 5) is 34.8. The summed E-state index contributed by atoms with van der Waals surface area (Å²) >= 11 is 0. The molecule has 1 rings (SSSR count). The lowest BCUT2D eigenvalue weighted by atomic mass is 10.2. The number of hydrogen-bond donors (Lipinski definition) is 4. The van der Waals surface area contributed by atoms with E-state index in [1.54, 1.807) is 0 Å². The fraction of sp³-hybridized carbons (Fsp3) is 0.750. The first kappa shape index (κ1) is 16.2. The molecule has 0 aliphatic heterocycles. The van der Waals surface area contributed by atoms with Crippen LogP contribution in [0.5, 0.6) is 0 Å². The van der Waals surface area contributed by atoms with E-state index < -0.39 is 24.0 Å². The van der Waals surface area contributed by atoms with Gasteiger partial charge in [0.25, 0.3) is 0 Å². The van der Waals surface area contributed by atoms with Crippen LogP contribution in [0, 0.1) is 0 Å². The number of nitrogens with two attached hydrogens (primary N) is 1. The lowest BCUT2D eigenvalue weighted by Gasteiger charge is -2.28. The van der Waals surface area contributed by atoms with Crippen molar-refractivity contribution in [1.82, 2.24) is 10.2 Å². The molecule has 5 N–H and O–H groups in total. The van der Waals surface area contributed by atoms with Gasteiger partial charge in [0.05, 0.1) is 0 Å². The zero-order valence-corrected chi connectivity index (χ0v) is 11.2. The smallest absolute Gasteiger partial charge is 0.332 e. The maximum Gasteiger partial charge on any atom is 0.332 e. The predicted molar refractivity (Wildman–Crippen MR) is 69.8 cm³/mol. The highest BCUT2D eigenvalue weighted by molar-refractivity contribution is 5.83. The average Bonchev–Trinajstić information content (AvgIpc) is 2.88. The molecule has 0 bridgehead atoms. The Bertz CT molecular complexity index is 368. The van der Waals surface area contributed by atoms with Crippen molar-refractivity contribution in [2.24, 2.45) is 5.73 Å². The molecule has 0 aromatic rings. The van der Waals surface area contributed by atoms with Gasteiger partial charge in [0, 0.05) is 19.0 Å². The van der Waals surface area contributed by atoms with Gasteiger partial charge in [-0.2, -0.15) is 0 Å². The third kappa shape index (κ3) is 5.04. The van der Waals surface area contributed by atoms with Crippen LogP contribution in [0.4, 0.5) is 4.79 Å². The third-order valence-corrected chi connectivity index (χ3v) is 3.33. The lowest BCUT2D eigenvalue weighted by Crippen LogP contribution is -2.49. The van der Waals surface area contributed by atoms with Gasteiger partial charge in [0.15, 0.2) is 6.10 Å². The molecular weight excluding hydrogens is 266 g/mol. The van der Waals surface area contributed by atoms with Crippen LogP contribution < -0.4 is 11.1 Å². The number of primary amides is 1. The van der Waals surface area contributed by atoms with Gasteiger partial charge < -0.3 is 26.2 Å². The number of nitrogens with zero attached hydrogens (tertiary/aromatic N) is 1. The van der Waals surface area contributed by atoms with Crippen LogP contribution in [-0.4, -0.2) is 58.3 Å². The highest BCUT2D eigenvalue weighted by atomic mass is 16.4. The summed E-state index contributed by atoms with van der Waals surface area (Å²) in [6.45, 7) is -0.133. The summed E-state index contributed by atoms with van der Waals surface area (Å²) in [7, 11) is 0. The van der Waals surface area contributed by atoms with Gasteiger partial charge in [-0.1, -0.05) is 12.8 Å². The van der Waals surface area contributed by atoms with Gasteiger partial charge in [-0.15, -0.1) is 0 Å². The Morgan fingerprint density at radius 2 is 1.90 bits per heavy atom. The standard InChI is InChI=1S/C12H21N3O5/c13-10(17)7-15(8-3-1-2-4-8)12(20)14-6-5-9(16)11(18)19/h8-9,16H,1-7H2,(H2,13,17)(H,14,20)(H,18,19). The van der Waals surface area contributed by atoms with Gasteiger partial charge in [-0.3, -0.25) is 4.79 Å². The fourth-order valence-corrected chi connectivity index (χ4v) is 2.29. The summed E-state index contributed by atoms with van der Waals surface area (Å²) in [6.07, 6.45) is 2.08. The first-order valence-corrected chi connectivity index (χ1v) is 6.65. The molecule has 1 saturated carbocycles. The Balaban J connectivity index is 2.46. The summed E-state index contributed by atoms with van der Waals surface area (Å²) in [5, 5.41) is 20.1. The van der Waals surface area contributed by atoms with E-state index in [0.717, 1.165) is 25.7 Å². The second kappa shape index (κ2) is 7.68. The van der Waals surface area contributed by atoms with Crippen LogP contribution in [-0.2, 0) is 9.59 Å². The lowest BCUT2D eigenvalue weighted by molar-refractivity contribution is -0.146. The Morgan fingerprint density at radius 3 is 2.40 bits per heavy atom. The second-order valence-corrected chi connectivity index (χ2v) is 4.91. The van der Waals surface area contributed by atoms with Gasteiger partial charge in [-0.05, 0) is 12.8 Å². The van der Waals surface area contributed by atoms with Crippen LogP contribution in [0.15, 0.2) is 0 Å². The average molecular weight is 287 g/mol. The van der Waals surface area contributed by atoms with Crippen molar-refractivity contribution in [3.05, 3.63) is 0 Å². The zero-order valence-electron chi connectivity index (χ0n) is 11.2. The molecule has 1 unspecified atom stereocenters. The molecule has 1 aliphatic carbocycles. The number of carbonyl (C=O) groups excluding carboxylic acids is 2. The van der Waals surface area contributed by atoms with Crippen LogP contribution in [0.1, 0.15) is 32.1 Å². The Hall–Kier alpha value is -1.83. The van der Waals surface area contributed by atoms with E-state index >= 15 is 0 Å². The number of rotatable bonds is 7. The number of amides is 3. The Morgan fingerprint density at radius 1 is 1.30 bits per heavy atom. The molecule has 3 amide bonds. The molecule has 0 heterocycles. The van der Waals surface area contributed by atoms with Crippen LogP contribution in [0.25, 0.3) is 0 Å². The number of aliphatic hydroxyl groups is 1. The number of carboxylic acid groups (broad SMARTS) is 1. The van der Waals surface area contributed by atoms with E-state index in [9.17, 15) is 14.4 Å². The minimum absolute atomic E-state index is 0.00750. The van der Waals surface area contributed by atoms with Crippen molar-refractivity contribution >= 4 is 17.9 Å². The fourth-order valence-electron chi connectivity index (χ4n) is 2.29. The van der Waals surface area contributed by atoms with E-state index in [-0.39, 0.29) is 25.6 Å². The number of urea groups is 1. The van der Waals surface area contributed by atoms with E-state index in [1.807, 2.05) is 0 Å². The van der Waals surface area contributed by atoms with Gasteiger partial charge in [-0.25, -0.2) is 9.59 Å². The van der Waals surface area contributed by atoms with Crippen LogP contribution in [0.2, 0.25) is 0 Å². The Labute approximate surface area is 116 Å². The monoisotopic (exact) mass is 287 g/mol. The quantitative estimate of drug-likeness (QED) is 0.489. The minimum Gasteiger partial charge on any atom is -0.479 e. The van der Waals surface area contributed by atoms with Crippen molar-refractivity contribution in [3.63, 3.8) is 0 Å². The molecule has 1 aliphatic rings. The summed E-state index contributed by atoms with van der Waals surface area (Å²) < 4.78 is 0. The highest BCUT2D eigenvalue weighted by Gasteiger charge is 2.27. The maximum atomic E-state index is 12.0. The van der Waals surface area contributed by atoms with Crippen molar-refractivity contribution in [2.75, 3.05) is 13.1 Å². The van der Waals surface area contributed by atoms with E-state index in [0.29, 0.717) is 0 Å². The third-order valence-electron chi connectivity index (χ3n) is 3.33. The molecule has 0 aromatic heterocycles. The van der Waals surface area contributed by atoms with Gasteiger partial charge in [0.2, 0.25) is 5.91 Å². The normalized spacial score (nSPS) is 16.6. The van der Waals surface area contributed by atoms with Crippen molar-refractivity contribution in [3.8, 4) is 0 Å². The predicted octanol–water partition coefficient (Wildman–Crippen LogP) is -0.738. The molecule has 20 heavy (non-hydrogen) atoms.